The van der Waals surface area contributed by atoms with E-state index in [2.05, 4.69) is 4.99 Å². The molecule has 0 radical (unpaired) electrons. The highest BCUT2D eigenvalue weighted by molar-refractivity contribution is 7.07. The van der Waals surface area contributed by atoms with Crippen molar-refractivity contribution in [1.82, 2.24) is 9.13 Å². The van der Waals surface area contributed by atoms with Gasteiger partial charge in [0.15, 0.2) is 4.80 Å². The van der Waals surface area contributed by atoms with Gasteiger partial charge in [0, 0.05) is 29.2 Å². The number of methoxy groups -OCH3 is 1. The highest BCUT2D eigenvalue weighted by atomic mass is 32.1. The normalized spacial score (nSPS) is 15.0. The van der Waals surface area contributed by atoms with Gasteiger partial charge in [-0.15, -0.1) is 0 Å². The first-order valence-corrected chi connectivity index (χ1v) is 13.7. The summed E-state index contributed by atoms with van der Waals surface area (Å²) >= 11 is 1.25. The molecule has 10 nitrogen and oxygen atoms in total. The molecule has 5 rings (SSSR count). The molecule has 41 heavy (non-hydrogen) atoms. The number of carbonyl (C=O) groups excluding carboxylic acids is 1. The van der Waals surface area contributed by atoms with E-state index in [0.717, 1.165) is 28.2 Å². The fourth-order valence-electron chi connectivity index (χ4n) is 5.09. The summed E-state index contributed by atoms with van der Waals surface area (Å²) in [5.74, 6) is 0.137. The maximum Gasteiger partial charge on any atom is 0.338 e. The van der Waals surface area contributed by atoms with Gasteiger partial charge in [-0.05, 0) is 75.2 Å². The number of thiazole rings is 1. The van der Waals surface area contributed by atoms with Crippen LogP contribution in [-0.4, -0.2) is 33.7 Å². The summed E-state index contributed by atoms with van der Waals surface area (Å²) in [5, 5.41) is 11.1. The van der Waals surface area contributed by atoms with Crippen LogP contribution in [0.25, 0.3) is 11.8 Å². The van der Waals surface area contributed by atoms with Crippen LogP contribution in [-0.2, 0) is 9.53 Å². The molecule has 11 heteroatoms. The number of carbonyl (C=O) groups is 1. The minimum Gasteiger partial charge on any atom is -0.497 e. The highest BCUT2D eigenvalue weighted by Crippen LogP contribution is 2.31. The number of fused-ring (bicyclic) bond motifs is 1. The SMILES string of the molecule is CCOC(=O)C1=C(C)N=c2s/c(=C\c3cc(C)n(-c4ccc([N+](=O)[O-])cc4)c3C)c(=O)n2[C@H]1c1ccc(OC)cc1. The van der Waals surface area contributed by atoms with E-state index in [1.165, 1.54) is 23.5 Å². The first-order chi connectivity index (χ1) is 19.6. The molecule has 0 unspecified atom stereocenters. The van der Waals surface area contributed by atoms with Crippen LogP contribution in [0.3, 0.4) is 0 Å². The summed E-state index contributed by atoms with van der Waals surface area (Å²) in [6, 6.07) is 14.8. The van der Waals surface area contributed by atoms with E-state index in [0.29, 0.717) is 26.4 Å². The van der Waals surface area contributed by atoms with Crippen molar-refractivity contribution >= 4 is 29.1 Å². The maximum absolute atomic E-state index is 13.9. The zero-order chi connectivity index (χ0) is 29.4. The van der Waals surface area contributed by atoms with Gasteiger partial charge >= 0.3 is 5.97 Å². The highest BCUT2D eigenvalue weighted by Gasteiger charge is 2.33. The molecule has 4 aromatic rings. The van der Waals surface area contributed by atoms with E-state index >= 15 is 0 Å². The molecule has 0 fully saturated rings. The first kappa shape index (κ1) is 27.8. The van der Waals surface area contributed by atoms with Crippen LogP contribution in [0.15, 0.2) is 75.7 Å². The number of nitrogens with zero attached hydrogens (tertiary/aromatic N) is 4. The minimum atomic E-state index is -0.717. The zero-order valence-electron chi connectivity index (χ0n) is 23.2. The number of esters is 1. The Morgan fingerprint density at radius 3 is 2.41 bits per heavy atom. The second-order valence-electron chi connectivity index (χ2n) is 9.51. The molecule has 0 aliphatic carbocycles. The van der Waals surface area contributed by atoms with E-state index < -0.39 is 16.9 Å². The lowest BCUT2D eigenvalue weighted by atomic mass is 9.96. The van der Waals surface area contributed by atoms with Crippen LogP contribution < -0.4 is 19.6 Å². The lowest BCUT2D eigenvalue weighted by molar-refractivity contribution is -0.384. The molecule has 1 aliphatic rings. The monoisotopic (exact) mass is 572 g/mol. The summed E-state index contributed by atoms with van der Waals surface area (Å²) in [6.45, 7) is 7.54. The number of benzene rings is 2. The summed E-state index contributed by atoms with van der Waals surface area (Å²) in [7, 11) is 1.57. The minimum absolute atomic E-state index is 0.0152. The van der Waals surface area contributed by atoms with Gasteiger partial charge in [0.05, 0.1) is 40.5 Å². The third-order valence-electron chi connectivity index (χ3n) is 7.02. The standard InChI is InChI=1S/C30H28N4O6S/c1-6-40-29(36)26-18(3)31-30-33(27(26)20-7-13-24(39-5)14-8-20)28(35)25(41-30)16-21-15-17(2)32(19(21)4)22-9-11-23(12-10-22)34(37)38/h7-16,27H,6H2,1-5H3/b25-16-/t27-/m0/s1. The smallest absolute Gasteiger partial charge is 0.338 e. The van der Waals surface area contributed by atoms with Gasteiger partial charge in [-0.1, -0.05) is 23.5 Å². The molecule has 3 heterocycles. The van der Waals surface area contributed by atoms with Crippen LogP contribution in [0.1, 0.15) is 42.4 Å². The number of ether oxygens (including phenoxy) is 2. The predicted molar refractivity (Wildman–Crippen MR) is 155 cm³/mol. The number of nitro groups is 1. The Kier molecular flexibility index (Phi) is 7.46. The van der Waals surface area contributed by atoms with Crippen molar-refractivity contribution in [3.05, 3.63) is 118 Å². The summed E-state index contributed by atoms with van der Waals surface area (Å²) in [6.07, 6.45) is 1.82. The Morgan fingerprint density at radius 2 is 1.80 bits per heavy atom. The van der Waals surface area contributed by atoms with Crippen molar-refractivity contribution in [1.29, 1.82) is 0 Å². The third-order valence-corrected chi connectivity index (χ3v) is 8.01. The summed E-state index contributed by atoms with van der Waals surface area (Å²) in [4.78, 5) is 42.8. The van der Waals surface area contributed by atoms with Crippen molar-refractivity contribution in [2.45, 2.75) is 33.7 Å². The number of hydrogen-bond acceptors (Lipinski definition) is 8. The van der Waals surface area contributed by atoms with Crippen LogP contribution in [0.2, 0.25) is 0 Å². The molecule has 2 aromatic heterocycles. The molecule has 0 amide bonds. The molecule has 0 N–H and O–H groups in total. The number of nitro benzene ring substituents is 1. The van der Waals surface area contributed by atoms with Crippen LogP contribution in [0.5, 0.6) is 5.75 Å². The molecule has 2 aromatic carbocycles. The molecule has 0 saturated carbocycles. The molecule has 1 atom stereocenters. The molecular weight excluding hydrogens is 544 g/mol. The van der Waals surface area contributed by atoms with Crippen molar-refractivity contribution in [2.24, 2.45) is 4.99 Å². The van der Waals surface area contributed by atoms with Gasteiger partial charge in [-0.2, -0.15) is 0 Å². The first-order valence-electron chi connectivity index (χ1n) is 12.9. The average molecular weight is 573 g/mol. The second-order valence-corrected chi connectivity index (χ2v) is 10.5. The molecule has 0 bridgehead atoms. The maximum atomic E-state index is 13.9. The number of rotatable bonds is 7. The average Bonchev–Trinajstić information content (AvgIpc) is 3.41. The lowest BCUT2D eigenvalue weighted by Gasteiger charge is -2.24. The van der Waals surface area contributed by atoms with Crippen LogP contribution in [0, 0.1) is 24.0 Å². The fraction of sp³-hybridized carbons (Fsp3) is 0.233. The molecule has 0 spiro atoms. The number of aromatic nitrogens is 2. The van der Waals surface area contributed by atoms with Gasteiger partial charge < -0.3 is 14.0 Å². The van der Waals surface area contributed by atoms with E-state index in [1.54, 1.807) is 49.8 Å². The van der Waals surface area contributed by atoms with Gasteiger partial charge in [0.2, 0.25) is 0 Å². The Morgan fingerprint density at radius 1 is 1.12 bits per heavy atom. The summed E-state index contributed by atoms with van der Waals surface area (Å²) < 4.78 is 14.7. The Hall–Kier alpha value is -4.77. The predicted octanol–water partition coefficient (Wildman–Crippen LogP) is 4.12. The quantitative estimate of drug-likeness (QED) is 0.187. The fourth-order valence-corrected chi connectivity index (χ4v) is 6.13. The topological polar surface area (TPSA) is 118 Å². The molecule has 0 saturated heterocycles. The zero-order valence-corrected chi connectivity index (χ0v) is 24.0. The Bertz CT molecular complexity index is 1880. The van der Waals surface area contributed by atoms with Crippen LogP contribution in [0.4, 0.5) is 5.69 Å². The van der Waals surface area contributed by atoms with Gasteiger partial charge in [0.25, 0.3) is 11.2 Å². The number of non-ortho nitro benzene ring substituents is 1. The molecule has 1 aliphatic heterocycles. The van der Waals surface area contributed by atoms with Gasteiger partial charge in [-0.25, -0.2) is 9.79 Å². The molecule has 210 valence electrons. The van der Waals surface area contributed by atoms with E-state index in [1.807, 2.05) is 42.7 Å². The van der Waals surface area contributed by atoms with Gasteiger partial charge in [-0.3, -0.25) is 19.5 Å². The second kappa shape index (κ2) is 11.0. The summed E-state index contributed by atoms with van der Waals surface area (Å²) in [5.41, 5.74) is 4.66. The number of aryl methyl sites for hydroxylation is 1. The van der Waals surface area contributed by atoms with Crippen molar-refractivity contribution in [2.75, 3.05) is 13.7 Å². The number of hydrogen-bond donors (Lipinski definition) is 0. The van der Waals surface area contributed by atoms with E-state index in [9.17, 15) is 19.7 Å². The van der Waals surface area contributed by atoms with Crippen LogP contribution >= 0.6 is 11.3 Å². The van der Waals surface area contributed by atoms with Crippen molar-refractivity contribution in [3.63, 3.8) is 0 Å². The Balaban J connectivity index is 1.65. The lowest BCUT2D eigenvalue weighted by Crippen LogP contribution is -2.39. The third kappa shape index (κ3) is 5.00. The van der Waals surface area contributed by atoms with Crippen molar-refractivity contribution < 1.29 is 19.2 Å². The largest absolute Gasteiger partial charge is 0.497 e. The Labute approximate surface area is 239 Å². The van der Waals surface area contributed by atoms with Gasteiger partial charge in [0.1, 0.15) is 5.75 Å². The molecular formula is C30H28N4O6S. The number of allylic oxidation sites excluding steroid dienone is 1. The van der Waals surface area contributed by atoms with E-state index in [4.69, 9.17) is 9.47 Å². The van der Waals surface area contributed by atoms with Crippen molar-refractivity contribution in [3.8, 4) is 11.4 Å². The van der Waals surface area contributed by atoms with E-state index in [-0.39, 0.29) is 17.9 Å².